The molecule has 0 saturated carbocycles. The second kappa shape index (κ2) is 11.5. The van der Waals surface area contributed by atoms with E-state index in [0.29, 0.717) is 54.7 Å². The zero-order chi connectivity index (χ0) is 29.3. The van der Waals surface area contributed by atoms with Gasteiger partial charge >= 0.3 is 0 Å². The fraction of sp³-hybridized carbons (Fsp3) is 0.379. The molecule has 0 unspecified atom stereocenters. The van der Waals surface area contributed by atoms with Crippen molar-refractivity contribution in [1.82, 2.24) is 54.5 Å². The number of carbonyl (C=O) groups excluding carboxylic acids is 1. The maximum absolute atomic E-state index is 12.9. The van der Waals surface area contributed by atoms with Crippen LogP contribution < -0.4 is 4.90 Å². The van der Waals surface area contributed by atoms with E-state index in [1.54, 1.807) is 21.8 Å². The summed E-state index contributed by atoms with van der Waals surface area (Å²) in [4.78, 5) is 37.6. The second-order valence-corrected chi connectivity index (χ2v) is 11.0. The molecule has 14 nitrogen and oxygen atoms in total. The van der Waals surface area contributed by atoms with Gasteiger partial charge in [0.2, 0.25) is 11.6 Å². The zero-order valence-electron chi connectivity index (χ0n) is 24.1. The lowest BCUT2D eigenvalue weighted by molar-refractivity contribution is 0.0273. The van der Waals surface area contributed by atoms with E-state index in [4.69, 9.17) is 9.72 Å². The molecule has 0 radical (unpaired) electrons. The van der Waals surface area contributed by atoms with Crippen molar-refractivity contribution in [2.45, 2.75) is 12.6 Å². The number of hydrogen-bond donors (Lipinski definition) is 0. The van der Waals surface area contributed by atoms with Gasteiger partial charge in [0.1, 0.15) is 0 Å². The van der Waals surface area contributed by atoms with Crippen molar-refractivity contribution in [3.63, 3.8) is 0 Å². The molecule has 7 rings (SSSR count). The number of benzene rings is 1. The minimum atomic E-state index is -0.156. The van der Waals surface area contributed by atoms with Crippen LogP contribution in [-0.4, -0.2) is 119 Å². The monoisotopic (exact) mass is 580 g/mol. The summed E-state index contributed by atoms with van der Waals surface area (Å²) >= 11 is 0. The normalized spacial score (nSPS) is 18.0. The lowest BCUT2D eigenvalue weighted by Crippen LogP contribution is -2.47. The molecule has 4 aromatic heterocycles. The molecular weight excluding hydrogens is 548 g/mol. The Hall–Kier alpha value is -4.82. The zero-order valence-corrected chi connectivity index (χ0v) is 24.1. The maximum atomic E-state index is 12.9. The van der Waals surface area contributed by atoms with Gasteiger partial charge < -0.3 is 19.4 Å². The Morgan fingerprint density at radius 2 is 1.70 bits per heavy atom. The van der Waals surface area contributed by atoms with Gasteiger partial charge in [0, 0.05) is 81.6 Å². The Morgan fingerprint density at radius 3 is 2.44 bits per heavy atom. The molecule has 220 valence electrons. The number of nitrogens with zero attached hydrogens (tertiary/aromatic N) is 12. The second-order valence-electron chi connectivity index (χ2n) is 11.0. The van der Waals surface area contributed by atoms with Gasteiger partial charge in [-0.2, -0.15) is 5.10 Å². The van der Waals surface area contributed by atoms with Crippen molar-refractivity contribution in [1.29, 1.82) is 0 Å². The predicted octanol–water partition coefficient (Wildman–Crippen LogP) is 1.37. The first kappa shape index (κ1) is 27.0. The smallest absolute Gasteiger partial charge is 0.253 e. The summed E-state index contributed by atoms with van der Waals surface area (Å²) in [6.45, 7) is 5.60. The van der Waals surface area contributed by atoms with E-state index < -0.39 is 0 Å². The lowest BCUT2D eigenvalue weighted by atomic mass is 10.1. The summed E-state index contributed by atoms with van der Waals surface area (Å²) in [6.07, 6.45) is 8.82. The van der Waals surface area contributed by atoms with Crippen LogP contribution in [0.25, 0.3) is 33.7 Å². The van der Waals surface area contributed by atoms with Gasteiger partial charge in [-0.1, -0.05) is 17.3 Å². The first-order valence-corrected chi connectivity index (χ1v) is 14.3. The Kier molecular flexibility index (Phi) is 7.20. The van der Waals surface area contributed by atoms with Crippen LogP contribution in [0.1, 0.15) is 10.4 Å². The van der Waals surface area contributed by atoms with Crippen LogP contribution in [0, 0.1) is 0 Å². The summed E-state index contributed by atoms with van der Waals surface area (Å²) < 4.78 is 9.52. The van der Waals surface area contributed by atoms with E-state index in [1.165, 1.54) is 0 Å². The number of anilines is 1. The number of aromatic nitrogens is 9. The van der Waals surface area contributed by atoms with Gasteiger partial charge in [0.25, 0.3) is 5.91 Å². The van der Waals surface area contributed by atoms with E-state index in [2.05, 4.69) is 47.2 Å². The molecule has 6 heterocycles. The molecule has 1 amide bonds. The minimum Gasteiger partial charge on any atom is -0.373 e. The van der Waals surface area contributed by atoms with Gasteiger partial charge in [-0.3, -0.25) is 9.48 Å². The number of amides is 1. The highest BCUT2D eigenvalue weighted by atomic mass is 16.5. The first-order chi connectivity index (χ1) is 21.0. The average molecular weight is 581 g/mol. The molecular formula is C29H32N12O2. The summed E-state index contributed by atoms with van der Waals surface area (Å²) in [5.74, 6) is 0.717. The standard InChI is InChI=1S/C29H32N12O2/c1-37-7-9-39(10-8-37)28(42)21-5-3-20(4-6-21)22-13-31-29(32-14-22)40-11-12-43-24(18-40)19-41-27-26(35-36-41)30-16-25(34-27)23-15-33-38(2)17-23/h3-6,13-17,24H,7-12,18-19H2,1-2H3/t24-/m1/s1. The lowest BCUT2D eigenvalue weighted by Gasteiger charge is -2.32. The Balaban J connectivity index is 1.00. The van der Waals surface area contributed by atoms with E-state index in [0.717, 1.165) is 42.9 Å². The van der Waals surface area contributed by atoms with E-state index >= 15 is 0 Å². The van der Waals surface area contributed by atoms with Crippen LogP contribution in [0.4, 0.5) is 5.95 Å². The molecule has 0 N–H and O–H groups in total. The summed E-state index contributed by atoms with van der Waals surface area (Å²) in [5, 5.41) is 12.7. The van der Waals surface area contributed by atoms with Crippen LogP contribution in [-0.2, 0) is 18.3 Å². The third-order valence-corrected chi connectivity index (χ3v) is 7.92. The average Bonchev–Trinajstić information content (AvgIpc) is 3.67. The number of hydrogen-bond acceptors (Lipinski definition) is 11. The third-order valence-electron chi connectivity index (χ3n) is 7.92. The SMILES string of the molecule is CN1CCN(C(=O)c2ccc(-c3cnc(N4CCO[C@@H](Cn5nnc6ncc(-c7cnn(C)c7)nc65)C4)nc3)cc2)CC1. The molecule has 14 heteroatoms. The van der Waals surface area contributed by atoms with Crippen molar-refractivity contribution in [2.24, 2.45) is 7.05 Å². The Labute approximate surface area is 247 Å². The van der Waals surface area contributed by atoms with Crippen molar-refractivity contribution in [2.75, 3.05) is 57.8 Å². The van der Waals surface area contributed by atoms with Gasteiger partial charge in [-0.15, -0.1) is 5.10 Å². The number of morpholine rings is 1. The third kappa shape index (κ3) is 5.66. The molecule has 2 fully saturated rings. The molecule has 0 aliphatic carbocycles. The van der Waals surface area contributed by atoms with Crippen molar-refractivity contribution in [3.05, 3.63) is 60.8 Å². The van der Waals surface area contributed by atoms with Crippen LogP contribution in [0.5, 0.6) is 0 Å². The quantitative estimate of drug-likeness (QED) is 0.288. The fourth-order valence-electron chi connectivity index (χ4n) is 5.41. The molecule has 2 saturated heterocycles. The van der Waals surface area contributed by atoms with E-state index in [9.17, 15) is 4.79 Å². The summed E-state index contributed by atoms with van der Waals surface area (Å²) in [6, 6.07) is 7.68. The molecule has 0 spiro atoms. The highest BCUT2D eigenvalue weighted by Crippen LogP contribution is 2.22. The number of carbonyl (C=O) groups is 1. The number of aryl methyl sites for hydroxylation is 1. The maximum Gasteiger partial charge on any atom is 0.253 e. The number of piperazine rings is 1. The highest BCUT2D eigenvalue weighted by Gasteiger charge is 2.25. The highest BCUT2D eigenvalue weighted by molar-refractivity contribution is 5.94. The molecule has 43 heavy (non-hydrogen) atoms. The number of rotatable bonds is 6. The molecule has 0 bridgehead atoms. The molecule has 2 aliphatic heterocycles. The fourth-order valence-corrected chi connectivity index (χ4v) is 5.41. The number of fused-ring (bicyclic) bond motifs is 1. The van der Waals surface area contributed by atoms with Crippen molar-refractivity contribution in [3.8, 4) is 22.4 Å². The Bertz CT molecular complexity index is 1720. The van der Waals surface area contributed by atoms with Crippen LogP contribution in [0.2, 0.25) is 0 Å². The van der Waals surface area contributed by atoms with Gasteiger partial charge in [0.05, 0.1) is 37.3 Å². The van der Waals surface area contributed by atoms with Crippen LogP contribution in [0.3, 0.4) is 0 Å². The van der Waals surface area contributed by atoms with Gasteiger partial charge in [0.15, 0.2) is 5.65 Å². The topological polar surface area (TPSA) is 136 Å². The molecule has 1 atom stereocenters. The Morgan fingerprint density at radius 1 is 0.907 bits per heavy atom. The van der Waals surface area contributed by atoms with Gasteiger partial charge in [-0.25, -0.2) is 24.6 Å². The van der Waals surface area contributed by atoms with Crippen LogP contribution >= 0.6 is 0 Å². The molecule has 5 aromatic rings. The van der Waals surface area contributed by atoms with Crippen molar-refractivity contribution >= 4 is 23.1 Å². The summed E-state index contributed by atoms with van der Waals surface area (Å²) in [5.41, 5.74) is 5.22. The molecule has 1 aromatic carbocycles. The van der Waals surface area contributed by atoms with Crippen LogP contribution in [0.15, 0.2) is 55.2 Å². The van der Waals surface area contributed by atoms with E-state index in [-0.39, 0.29) is 12.0 Å². The predicted molar refractivity (Wildman–Crippen MR) is 158 cm³/mol. The number of likely N-dealkylation sites (N-methyl/N-ethyl adjacent to an activating group) is 1. The summed E-state index contributed by atoms with van der Waals surface area (Å²) in [7, 11) is 3.94. The largest absolute Gasteiger partial charge is 0.373 e. The van der Waals surface area contributed by atoms with E-state index in [1.807, 2.05) is 54.8 Å². The van der Waals surface area contributed by atoms with Gasteiger partial charge in [-0.05, 0) is 24.7 Å². The van der Waals surface area contributed by atoms with Crippen molar-refractivity contribution < 1.29 is 9.53 Å². The molecule has 2 aliphatic rings. The number of ether oxygens (including phenoxy) is 1. The first-order valence-electron chi connectivity index (χ1n) is 14.3. The minimum absolute atomic E-state index is 0.0768.